The first-order valence-electron chi connectivity index (χ1n) is 3.56. The molecule has 0 aliphatic rings. The van der Waals surface area contributed by atoms with E-state index in [-0.39, 0.29) is 11.4 Å². The standard InChI is InChI=1S/C7H9FN2O3S/c1-13-7-4-5(2-3-6(7)8)10-14(9,11)12/h2-4,10H,1H3,(H2,9,11,12). The van der Waals surface area contributed by atoms with E-state index in [1.54, 1.807) is 0 Å². The van der Waals surface area contributed by atoms with Gasteiger partial charge in [-0.15, -0.1) is 0 Å². The summed E-state index contributed by atoms with van der Waals surface area (Å²) < 4.78 is 40.7. The first-order chi connectivity index (χ1) is 6.42. The van der Waals surface area contributed by atoms with Crippen LogP contribution in [0.3, 0.4) is 0 Å². The van der Waals surface area contributed by atoms with Gasteiger partial charge >= 0.3 is 0 Å². The highest BCUT2D eigenvalue weighted by molar-refractivity contribution is 7.90. The Morgan fingerprint density at radius 3 is 2.64 bits per heavy atom. The molecule has 14 heavy (non-hydrogen) atoms. The van der Waals surface area contributed by atoms with Gasteiger partial charge in [-0.05, 0) is 12.1 Å². The summed E-state index contributed by atoms with van der Waals surface area (Å²) in [4.78, 5) is 0. The molecule has 0 saturated heterocycles. The largest absolute Gasteiger partial charge is 0.494 e. The number of anilines is 1. The second-order valence-electron chi connectivity index (χ2n) is 2.50. The van der Waals surface area contributed by atoms with Gasteiger partial charge in [0, 0.05) is 6.07 Å². The van der Waals surface area contributed by atoms with Gasteiger partial charge in [-0.1, -0.05) is 0 Å². The normalized spacial score (nSPS) is 11.1. The third-order valence-corrected chi connectivity index (χ3v) is 1.93. The SMILES string of the molecule is COc1cc(NS(N)(=O)=O)ccc1F. The van der Waals surface area contributed by atoms with Crippen LogP contribution in [0.2, 0.25) is 0 Å². The van der Waals surface area contributed by atoms with Gasteiger partial charge in [-0.3, -0.25) is 4.72 Å². The number of hydrogen-bond acceptors (Lipinski definition) is 3. The Morgan fingerprint density at radius 2 is 2.14 bits per heavy atom. The van der Waals surface area contributed by atoms with E-state index in [4.69, 9.17) is 5.14 Å². The molecule has 3 N–H and O–H groups in total. The Hall–Kier alpha value is -1.34. The zero-order valence-electron chi connectivity index (χ0n) is 7.32. The Labute approximate surface area is 80.9 Å². The lowest BCUT2D eigenvalue weighted by Gasteiger charge is -2.06. The highest BCUT2D eigenvalue weighted by Crippen LogP contribution is 2.21. The molecule has 0 aromatic heterocycles. The van der Waals surface area contributed by atoms with Crippen LogP contribution in [-0.4, -0.2) is 15.5 Å². The molecule has 0 amide bonds. The van der Waals surface area contributed by atoms with Gasteiger partial charge in [0.1, 0.15) is 0 Å². The van der Waals surface area contributed by atoms with E-state index in [0.29, 0.717) is 0 Å². The summed E-state index contributed by atoms with van der Waals surface area (Å²) in [7, 11) is -2.57. The van der Waals surface area contributed by atoms with E-state index < -0.39 is 16.0 Å². The van der Waals surface area contributed by atoms with Crippen LogP contribution < -0.4 is 14.6 Å². The van der Waals surface area contributed by atoms with Crippen molar-refractivity contribution in [1.82, 2.24) is 0 Å². The van der Waals surface area contributed by atoms with E-state index in [0.717, 1.165) is 6.07 Å². The number of nitrogens with one attached hydrogen (secondary N) is 1. The Morgan fingerprint density at radius 1 is 1.50 bits per heavy atom. The van der Waals surface area contributed by atoms with Crippen molar-refractivity contribution in [2.75, 3.05) is 11.8 Å². The minimum absolute atomic E-state index is 0.0568. The molecule has 0 spiro atoms. The number of rotatable bonds is 3. The monoisotopic (exact) mass is 220 g/mol. The molecular formula is C7H9FN2O3S. The molecule has 7 heteroatoms. The third kappa shape index (κ3) is 2.86. The molecule has 1 aromatic rings. The van der Waals surface area contributed by atoms with E-state index in [1.807, 2.05) is 4.72 Å². The summed E-state index contributed by atoms with van der Waals surface area (Å²) in [5.74, 6) is -0.633. The van der Waals surface area contributed by atoms with E-state index in [9.17, 15) is 12.8 Å². The average Bonchev–Trinajstić information content (AvgIpc) is 2.06. The zero-order chi connectivity index (χ0) is 10.8. The molecule has 1 aromatic carbocycles. The van der Waals surface area contributed by atoms with Gasteiger partial charge in [0.15, 0.2) is 11.6 Å². The maximum absolute atomic E-state index is 12.9. The van der Waals surface area contributed by atoms with Crippen LogP contribution in [0.1, 0.15) is 0 Å². The van der Waals surface area contributed by atoms with Gasteiger partial charge in [0.2, 0.25) is 0 Å². The maximum atomic E-state index is 12.9. The highest BCUT2D eigenvalue weighted by Gasteiger charge is 2.06. The maximum Gasteiger partial charge on any atom is 0.296 e. The Bertz CT molecular complexity index is 433. The van der Waals surface area contributed by atoms with Crippen molar-refractivity contribution in [2.24, 2.45) is 5.14 Å². The molecule has 0 unspecified atom stereocenters. The topological polar surface area (TPSA) is 81.4 Å². The van der Waals surface area contributed by atoms with Crippen LogP contribution in [0.25, 0.3) is 0 Å². The smallest absolute Gasteiger partial charge is 0.296 e. The number of nitrogens with two attached hydrogens (primary N) is 1. The lowest BCUT2D eigenvalue weighted by atomic mass is 10.3. The van der Waals surface area contributed by atoms with Gasteiger partial charge in [-0.2, -0.15) is 8.42 Å². The Kier molecular flexibility index (Phi) is 2.92. The fourth-order valence-corrected chi connectivity index (χ4v) is 1.34. The van der Waals surface area contributed by atoms with Gasteiger partial charge < -0.3 is 4.74 Å². The van der Waals surface area contributed by atoms with E-state index >= 15 is 0 Å². The van der Waals surface area contributed by atoms with Crippen molar-refractivity contribution in [3.8, 4) is 5.75 Å². The van der Waals surface area contributed by atoms with Crippen LogP contribution in [0.4, 0.5) is 10.1 Å². The van der Waals surface area contributed by atoms with Crippen molar-refractivity contribution >= 4 is 15.9 Å². The number of halogens is 1. The molecule has 0 aliphatic carbocycles. The number of methoxy groups -OCH3 is 1. The predicted octanol–water partition coefficient (Wildman–Crippen LogP) is 0.450. The molecule has 0 saturated carbocycles. The fraction of sp³-hybridized carbons (Fsp3) is 0.143. The first kappa shape index (κ1) is 10.7. The predicted molar refractivity (Wildman–Crippen MR) is 49.7 cm³/mol. The van der Waals surface area contributed by atoms with Crippen LogP contribution in [0, 0.1) is 5.82 Å². The van der Waals surface area contributed by atoms with E-state index in [2.05, 4.69) is 4.74 Å². The van der Waals surface area contributed by atoms with Gasteiger partial charge in [0.05, 0.1) is 12.8 Å². The third-order valence-electron chi connectivity index (χ3n) is 1.41. The van der Waals surface area contributed by atoms with Gasteiger partial charge in [-0.25, -0.2) is 9.53 Å². The molecule has 0 heterocycles. The second-order valence-corrected chi connectivity index (χ2v) is 3.79. The molecule has 0 radical (unpaired) electrons. The van der Waals surface area contributed by atoms with E-state index in [1.165, 1.54) is 19.2 Å². The summed E-state index contributed by atoms with van der Waals surface area (Å²) in [5, 5.41) is 4.72. The number of benzene rings is 1. The van der Waals surface area contributed by atoms with Crippen molar-refractivity contribution < 1.29 is 17.5 Å². The fourth-order valence-electron chi connectivity index (χ4n) is 0.888. The quantitative estimate of drug-likeness (QED) is 0.775. The highest BCUT2D eigenvalue weighted by atomic mass is 32.2. The Balaban J connectivity index is 3.01. The minimum Gasteiger partial charge on any atom is -0.494 e. The van der Waals surface area contributed by atoms with Crippen molar-refractivity contribution in [3.05, 3.63) is 24.0 Å². The van der Waals surface area contributed by atoms with Crippen molar-refractivity contribution in [1.29, 1.82) is 0 Å². The zero-order valence-corrected chi connectivity index (χ0v) is 8.14. The summed E-state index contributed by atoms with van der Waals surface area (Å²) in [6, 6.07) is 3.51. The average molecular weight is 220 g/mol. The number of hydrogen-bond donors (Lipinski definition) is 2. The number of ether oxygens (including phenoxy) is 1. The molecular weight excluding hydrogens is 211 g/mol. The minimum atomic E-state index is -3.84. The van der Waals surface area contributed by atoms with Crippen LogP contribution in [0.5, 0.6) is 5.75 Å². The summed E-state index contributed by atoms with van der Waals surface area (Å²) in [6.45, 7) is 0. The molecule has 5 nitrogen and oxygen atoms in total. The first-order valence-corrected chi connectivity index (χ1v) is 5.11. The second kappa shape index (κ2) is 3.81. The molecule has 0 atom stereocenters. The van der Waals surface area contributed by atoms with Crippen molar-refractivity contribution in [3.63, 3.8) is 0 Å². The summed E-state index contributed by atoms with van der Waals surface area (Å²) in [6.07, 6.45) is 0. The van der Waals surface area contributed by atoms with Crippen LogP contribution in [0.15, 0.2) is 18.2 Å². The molecule has 0 aliphatic heterocycles. The molecule has 0 bridgehead atoms. The van der Waals surface area contributed by atoms with Crippen molar-refractivity contribution in [2.45, 2.75) is 0 Å². The summed E-state index contributed by atoms with van der Waals surface area (Å²) in [5.41, 5.74) is 0.144. The van der Waals surface area contributed by atoms with Gasteiger partial charge in [0.25, 0.3) is 10.2 Å². The van der Waals surface area contributed by atoms with Crippen LogP contribution in [-0.2, 0) is 10.2 Å². The molecule has 0 fully saturated rings. The summed E-state index contributed by atoms with van der Waals surface area (Å²) >= 11 is 0. The molecule has 78 valence electrons. The lowest BCUT2D eigenvalue weighted by molar-refractivity contribution is 0.387. The molecule has 1 rings (SSSR count). The van der Waals surface area contributed by atoms with Crippen LogP contribution >= 0.6 is 0 Å². The lowest BCUT2D eigenvalue weighted by Crippen LogP contribution is -2.21.